The number of hydrogen-bond acceptors (Lipinski definition) is 4. The van der Waals surface area contributed by atoms with Crippen LogP contribution < -0.4 is 15.4 Å². The number of carbonyl (C=O) groups excluding carboxylic acids is 1. The number of anilines is 3. The molecule has 0 aliphatic carbocycles. The highest BCUT2D eigenvalue weighted by molar-refractivity contribution is 5.94. The van der Waals surface area contributed by atoms with Crippen LogP contribution in [0.3, 0.4) is 0 Å². The maximum absolute atomic E-state index is 12.3. The molecule has 0 saturated heterocycles. The lowest BCUT2D eigenvalue weighted by molar-refractivity contribution is -0.114. The van der Waals surface area contributed by atoms with Gasteiger partial charge in [0, 0.05) is 41.7 Å². The first-order chi connectivity index (χ1) is 13.0. The third kappa shape index (κ3) is 5.01. The minimum Gasteiger partial charge on any atom is -0.435 e. The number of aromatic nitrogens is 1. The van der Waals surface area contributed by atoms with E-state index in [-0.39, 0.29) is 11.7 Å². The normalized spacial score (nSPS) is 10.5. The number of nitrogens with one attached hydrogen (secondary N) is 2. The highest BCUT2D eigenvalue weighted by atomic mass is 19.3. The van der Waals surface area contributed by atoms with Crippen LogP contribution in [0.25, 0.3) is 11.1 Å². The van der Waals surface area contributed by atoms with E-state index in [0.29, 0.717) is 17.2 Å². The minimum absolute atomic E-state index is 0.0656. The standard InChI is InChI=1S/C20H17F2N3O2/c1-13(26)24-18-8-3-2-7-17(18)14-9-10-19(23-12-14)25-15-5-4-6-16(11-15)27-20(21)22/h2-12,20H,1H3,(H,23,25)(H,24,26). The number of pyridine rings is 1. The molecule has 0 unspecified atom stereocenters. The highest BCUT2D eigenvalue weighted by Gasteiger charge is 2.08. The lowest BCUT2D eigenvalue weighted by Crippen LogP contribution is -2.06. The van der Waals surface area contributed by atoms with Crippen LogP contribution in [0.15, 0.2) is 66.9 Å². The molecule has 1 amide bonds. The Balaban J connectivity index is 1.78. The Labute approximate surface area is 155 Å². The predicted molar refractivity (Wildman–Crippen MR) is 100 cm³/mol. The number of hydrogen-bond donors (Lipinski definition) is 2. The SMILES string of the molecule is CC(=O)Nc1ccccc1-c1ccc(Nc2cccc(OC(F)F)c2)nc1. The fourth-order valence-electron chi connectivity index (χ4n) is 2.56. The van der Waals surface area contributed by atoms with Crippen molar-refractivity contribution in [1.29, 1.82) is 0 Å². The molecule has 0 saturated carbocycles. The Kier molecular flexibility index (Phi) is 5.61. The van der Waals surface area contributed by atoms with Crippen LogP contribution in [0.5, 0.6) is 5.75 Å². The average Bonchev–Trinajstić information content (AvgIpc) is 2.62. The van der Waals surface area contributed by atoms with Gasteiger partial charge in [-0.15, -0.1) is 0 Å². The molecule has 0 aliphatic rings. The van der Waals surface area contributed by atoms with E-state index in [1.54, 1.807) is 24.4 Å². The number of ether oxygens (including phenoxy) is 1. The Morgan fingerprint density at radius 2 is 1.89 bits per heavy atom. The molecule has 7 heteroatoms. The van der Waals surface area contributed by atoms with Crippen molar-refractivity contribution in [1.82, 2.24) is 4.98 Å². The van der Waals surface area contributed by atoms with Gasteiger partial charge < -0.3 is 15.4 Å². The molecule has 27 heavy (non-hydrogen) atoms. The van der Waals surface area contributed by atoms with Crippen LogP contribution >= 0.6 is 0 Å². The minimum atomic E-state index is -2.87. The van der Waals surface area contributed by atoms with Crippen molar-refractivity contribution in [2.45, 2.75) is 13.5 Å². The lowest BCUT2D eigenvalue weighted by atomic mass is 10.1. The van der Waals surface area contributed by atoms with Gasteiger partial charge in [-0.3, -0.25) is 4.79 Å². The number of halogens is 2. The van der Waals surface area contributed by atoms with Crippen molar-refractivity contribution in [3.63, 3.8) is 0 Å². The van der Waals surface area contributed by atoms with E-state index < -0.39 is 6.61 Å². The van der Waals surface area contributed by atoms with Gasteiger partial charge in [-0.05, 0) is 30.3 Å². The number of alkyl halides is 2. The first-order valence-corrected chi connectivity index (χ1v) is 8.16. The van der Waals surface area contributed by atoms with Gasteiger partial charge in [0.2, 0.25) is 5.91 Å². The number of benzene rings is 2. The fourth-order valence-corrected chi connectivity index (χ4v) is 2.56. The second-order valence-electron chi connectivity index (χ2n) is 5.69. The number of amides is 1. The molecule has 0 radical (unpaired) electrons. The number of nitrogens with zero attached hydrogens (tertiary/aromatic N) is 1. The summed E-state index contributed by atoms with van der Waals surface area (Å²) >= 11 is 0. The van der Waals surface area contributed by atoms with Crippen LogP contribution in [0, 0.1) is 0 Å². The van der Waals surface area contributed by atoms with Crippen molar-refractivity contribution < 1.29 is 18.3 Å². The average molecular weight is 369 g/mol. The van der Waals surface area contributed by atoms with Gasteiger partial charge in [0.1, 0.15) is 11.6 Å². The largest absolute Gasteiger partial charge is 0.435 e. The fraction of sp³-hybridized carbons (Fsp3) is 0.100. The quantitative estimate of drug-likeness (QED) is 0.638. The molecular weight excluding hydrogens is 352 g/mol. The summed E-state index contributed by atoms with van der Waals surface area (Å²) in [6.07, 6.45) is 1.67. The summed E-state index contributed by atoms with van der Waals surface area (Å²) in [5.74, 6) is 0.459. The molecule has 138 valence electrons. The van der Waals surface area contributed by atoms with E-state index in [2.05, 4.69) is 20.4 Å². The van der Waals surface area contributed by atoms with E-state index in [4.69, 9.17) is 0 Å². The van der Waals surface area contributed by atoms with Crippen LogP contribution in [0.4, 0.5) is 26.0 Å². The molecule has 0 fully saturated rings. The molecule has 5 nitrogen and oxygen atoms in total. The first-order valence-electron chi connectivity index (χ1n) is 8.16. The Bertz CT molecular complexity index is 931. The van der Waals surface area contributed by atoms with Gasteiger partial charge in [0.15, 0.2) is 0 Å². The van der Waals surface area contributed by atoms with Crippen LogP contribution in [-0.2, 0) is 4.79 Å². The topological polar surface area (TPSA) is 63.2 Å². The maximum atomic E-state index is 12.3. The van der Waals surface area contributed by atoms with E-state index in [9.17, 15) is 13.6 Å². The van der Waals surface area contributed by atoms with Crippen molar-refractivity contribution in [2.24, 2.45) is 0 Å². The second-order valence-corrected chi connectivity index (χ2v) is 5.69. The summed E-state index contributed by atoms with van der Waals surface area (Å²) in [6.45, 7) is -1.42. The van der Waals surface area contributed by atoms with E-state index in [1.165, 1.54) is 19.1 Å². The molecule has 2 aromatic carbocycles. The Morgan fingerprint density at radius 1 is 1.07 bits per heavy atom. The highest BCUT2D eigenvalue weighted by Crippen LogP contribution is 2.28. The van der Waals surface area contributed by atoms with Crippen molar-refractivity contribution >= 4 is 23.1 Å². The zero-order valence-corrected chi connectivity index (χ0v) is 14.4. The molecule has 3 rings (SSSR count). The zero-order valence-electron chi connectivity index (χ0n) is 14.4. The molecule has 0 bridgehead atoms. The summed E-state index contributed by atoms with van der Waals surface area (Å²) in [7, 11) is 0. The molecule has 0 atom stereocenters. The first kappa shape index (κ1) is 18.3. The Morgan fingerprint density at radius 3 is 2.59 bits per heavy atom. The van der Waals surface area contributed by atoms with Gasteiger partial charge in [-0.25, -0.2) is 4.98 Å². The zero-order chi connectivity index (χ0) is 19.2. The summed E-state index contributed by atoms with van der Waals surface area (Å²) in [5, 5.41) is 5.83. The third-order valence-corrected chi connectivity index (χ3v) is 3.64. The van der Waals surface area contributed by atoms with Gasteiger partial charge in [-0.1, -0.05) is 24.3 Å². The van der Waals surface area contributed by atoms with Crippen LogP contribution in [-0.4, -0.2) is 17.5 Å². The van der Waals surface area contributed by atoms with Gasteiger partial charge in [0.25, 0.3) is 0 Å². The summed E-state index contributed by atoms with van der Waals surface area (Å²) in [4.78, 5) is 15.7. The molecule has 2 N–H and O–H groups in total. The van der Waals surface area contributed by atoms with E-state index >= 15 is 0 Å². The Hall–Kier alpha value is -3.48. The summed E-state index contributed by atoms with van der Waals surface area (Å²) < 4.78 is 29.0. The molecule has 1 aromatic heterocycles. The number of para-hydroxylation sites is 1. The van der Waals surface area contributed by atoms with Crippen LogP contribution in [0.2, 0.25) is 0 Å². The molecule has 3 aromatic rings. The van der Waals surface area contributed by atoms with E-state index in [1.807, 2.05) is 30.3 Å². The monoisotopic (exact) mass is 369 g/mol. The number of carbonyl (C=O) groups is 1. The molecule has 1 heterocycles. The van der Waals surface area contributed by atoms with Gasteiger partial charge in [0.05, 0.1) is 0 Å². The second kappa shape index (κ2) is 8.27. The third-order valence-electron chi connectivity index (χ3n) is 3.64. The predicted octanol–water partition coefficient (Wildman–Crippen LogP) is 5.05. The molecular formula is C20H17F2N3O2. The lowest BCUT2D eigenvalue weighted by Gasteiger charge is -2.11. The smallest absolute Gasteiger partial charge is 0.387 e. The van der Waals surface area contributed by atoms with Gasteiger partial charge >= 0.3 is 6.61 Å². The number of rotatable bonds is 6. The van der Waals surface area contributed by atoms with Crippen molar-refractivity contribution in [3.8, 4) is 16.9 Å². The maximum Gasteiger partial charge on any atom is 0.387 e. The summed E-state index contributed by atoms with van der Waals surface area (Å²) in [6, 6.07) is 17.3. The summed E-state index contributed by atoms with van der Waals surface area (Å²) in [5.41, 5.74) is 2.95. The molecule has 0 aliphatic heterocycles. The van der Waals surface area contributed by atoms with Crippen LogP contribution in [0.1, 0.15) is 6.92 Å². The van der Waals surface area contributed by atoms with Crippen molar-refractivity contribution in [2.75, 3.05) is 10.6 Å². The van der Waals surface area contributed by atoms with Gasteiger partial charge in [-0.2, -0.15) is 8.78 Å². The molecule has 0 spiro atoms. The van der Waals surface area contributed by atoms with E-state index in [0.717, 1.165) is 11.1 Å². The van der Waals surface area contributed by atoms with Crippen molar-refractivity contribution in [3.05, 3.63) is 66.9 Å².